The molecule has 0 radical (unpaired) electrons. The summed E-state index contributed by atoms with van der Waals surface area (Å²) in [7, 11) is 0. The molecule has 1 aliphatic heterocycles. The molecule has 4 rings (SSSR count). The first-order valence-electron chi connectivity index (χ1n) is 14.4. The lowest BCUT2D eigenvalue weighted by Gasteiger charge is -2.59. The standard InChI is InChI=1S/C33H49NO4/c1-9-30(3,4)34-25-13-11-10-12-23(25)24(29(34)37)20-22-14-15-26-32(7,21(22)2)18-17-28(36)33(26,8)19-16-27(35)31(5,6)38/h9-13,22,24,26-28,35-36,38H,1-2,14-20H2,3-8H3. The minimum Gasteiger partial charge on any atom is -0.393 e. The zero-order valence-electron chi connectivity index (χ0n) is 24.3. The number of allylic oxidation sites excluding steroid dienone is 1. The number of fused-ring (bicyclic) bond motifs is 2. The molecule has 2 aliphatic carbocycles. The highest BCUT2D eigenvalue weighted by atomic mass is 16.3. The van der Waals surface area contributed by atoms with Crippen molar-refractivity contribution in [3.63, 3.8) is 0 Å². The summed E-state index contributed by atoms with van der Waals surface area (Å²) in [5.41, 5.74) is 1.14. The number of hydrogen-bond acceptors (Lipinski definition) is 4. The van der Waals surface area contributed by atoms with Gasteiger partial charge in [-0.3, -0.25) is 4.79 Å². The van der Waals surface area contributed by atoms with Crippen LogP contribution in [0.25, 0.3) is 0 Å². The normalized spacial score (nSPS) is 34.6. The molecule has 7 atom stereocenters. The highest BCUT2D eigenvalue weighted by Crippen LogP contribution is 2.63. The second-order valence-corrected chi connectivity index (χ2v) is 13.9. The molecule has 3 aliphatic rings. The van der Waals surface area contributed by atoms with Crippen LogP contribution < -0.4 is 4.90 Å². The lowest BCUT2D eigenvalue weighted by Crippen LogP contribution is -2.55. The predicted octanol–water partition coefficient (Wildman–Crippen LogP) is 6.13. The zero-order chi connectivity index (χ0) is 28.3. The van der Waals surface area contributed by atoms with Gasteiger partial charge in [0.25, 0.3) is 0 Å². The Morgan fingerprint density at radius 1 is 1.16 bits per heavy atom. The number of para-hydroxylation sites is 1. The van der Waals surface area contributed by atoms with Gasteiger partial charge in [0.1, 0.15) is 0 Å². The molecule has 0 aromatic heterocycles. The third-order valence-corrected chi connectivity index (χ3v) is 10.7. The number of rotatable bonds is 8. The van der Waals surface area contributed by atoms with Gasteiger partial charge in [-0.2, -0.15) is 0 Å². The molecule has 2 saturated carbocycles. The fourth-order valence-electron chi connectivity index (χ4n) is 7.93. The summed E-state index contributed by atoms with van der Waals surface area (Å²) in [5, 5.41) is 32.0. The SMILES string of the molecule is C=CC(C)(C)N1C(=O)C(CC2CCC3C(C)(CCC(O)C3(C)CCC(O)C(C)(C)O)C2=C)c2ccccc21. The molecule has 1 heterocycles. The number of benzene rings is 1. The van der Waals surface area contributed by atoms with Gasteiger partial charge in [-0.15, -0.1) is 6.58 Å². The van der Waals surface area contributed by atoms with Gasteiger partial charge in [-0.1, -0.05) is 50.3 Å². The first-order valence-corrected chi connectivity index (χ1v) is 14.4. The molecule has 0 bridgehead atoms. The summed E-state index contributed by atoms with van der Waals surface area (Å²) in [5.74, 6) is 0.404. The van der Waals surface area contributed by atoms with Gasteiger partial charge in [0.05, 0.1) is 29.3 Å². The van der Waals surface area contributed by atoms with Crippen molar-refractivity contribution in [2.75, 3.05) is 4.90 Å². The van der Waals surface area contributed by atoms with E-state index in [1.807, 2.05) is 43.0 Å². The van der Waals surface area contributed by atoms with E-state index in [0.717, 1.165) is 36.9 Å². The third kappa shape index (κ3) is 4.69. The number of amides is 1. The summed E-state index contributed by atoms with van der Waals surface area (Å²) in [6, 6.07) is 8.15. The topological polar surface area (TPSA) is 81.0 Å². The van der Waals surface area contributed by atoms with Crippen LogP contribution in [0.15, 0.2) is 49.1 Å². The number of carbonyl (C=O) groups is 1. The minimum atomic E-state index is -1.17. The predicted molar refractivity (Wildman–Crippen MR) is 154 cm³/mol. The molecular weight excluding hydrogens is 474 g/mol. The van der Waals surface area contributed by atoms with E-state index in [9.17, 15) is 20.1 Å². The van der Waals surface area contributed by atoms with Crippen molar-refractivity contribution in [3.8, 4) is 0 Å². The molecule has 1 aromatic rings. The molecule has 2 fully saturated rings. The van der Waals surface area contributed by atoms with Gasteiger partial charge in [-0.05, 0) is 107 Å². The van der Waals surface area contributed by atoms with E-state index >= 15 is 0 Å². The average Bonchev–Trinajstić information content (AvgIpc) is 3.14. The van der Waals surface area contributed by atoms with Crippen LogP contribution in [0, 0.1) is 22.7 Å². The highest BCUT2D eigenvalue weighted by Gasteiger charge is 2.57. The van der Waals surface area contributed by atoms with E-state index in [1.54, 1.807) is 13.8 Å². The van der Waals surface area contributed by atoms with Crippen LogP contribution in [0.2, 0.25) is 0 Å². The molecule has 0 saturated heterocycles. The molecule has 7 unspecified atom stereocenters. The quantitative estimate of drug-likeness (QED) is 0.358. The molecule has 5 nitrogen and oxygen atoms in total. The second kappa shape index (κ2) is 9.91. The molecule has 5 heteroatoms. The van der Waals surface area contributed by atoms with E-state index in [1.165, 1.54) is 5.57 Å². The molecule has 38 heavy (non-hydrogen) atoms. The molecule has 1 aromatic carbocycles. The smallest absolute Gasteiger partial charge is 0.235 e. The number of carbonyl (C=O) groups excluding carboxylic acids is 1. The van der Waals surface area contributed by atoms with E-state index < -0.39 is 23.3 Å². The van der Waals surface area contributed by atoms with Gasteiger partial charge in [0, 0.05) is 5.69 Å². The average molecular weight is 524 g/mol. The van der Waals surface area contributed by atoms with Crippen molar-refractivity contribution in [2.24, 2.45) is 22.7 Å². The van der Waals surface area contributed by atoms with Gasteiger partial charge < -0.3 is 20.2 Å². The molecule has 1 amide bonds. The van der Waals surface area contributed by atoms with Crippen molar-refractivity contribution >= 4 is 11.6 Å². The van der Waals surface area contributed by atoms with E-state index in [0.29, 0.717) is 19.3 Å². The maximum Gasteiger partial charge on any atom is 0.235 e. The summed E-state index contributed by atoms with van der Waals surface area (Å²) in [6.07, 6.45) is 5.87. The molecule has 210 valence electrons. The Morgan fingerprint density at radius 3 is 2.45 bits per heavy atom. The Hall–Kier alpha value is -1.95. The van der Waals surface area contributed by atoms with E-state index in [4.69, 9.17) is 0 Å². The Bertz CT molecular complexity index is 1090. The van der Waals surface area contributed by atoms with Crippen molar-refractivity contribution in [1.82, 2.24) is 0 Å². The number of aliphatic hydroxyl groups excluding tert-OH is 2. The molecule has 0 spiro atoms. The van der Waals surface area contributed by atoms with Crippen LogP contribution in [0.5, 0.6) is 0 Å². The Labute approximate surface area is 229 Å². The van der Waals surface area contributed by atoms with Gasteiger partial charge in [0.2, 0.25) is 5.91 Å². The minimum absolute atomic E-state index is 0.140. The van der Waals surface area contributed by atoms with E-state index in [-0.39, 0.29) is 34.5 Å². The number of hydrogen-bond donors (Lipinski definition) is 3. The largest absolute Gasteiger partial charge is 0.393 e. The number of aliphatic hydroxyl groups is 3. The maximum atomic E-state index is 13.9. The fourth-order valence-corrected chi connectivity index (χ4v) is 7.93. The summed E-state index contributed by atoms with van der Waals surface area (Å²) < 4.78 is 0. The molecular formula is C33H49NO4. The summed E-state index contributed by atoms with van der Waals surface area (Å²) in [4.78, 5) is 15.8. The zero-order valence-corrected chi connectivity index (χ0v) is 24.3. The first kappa shape index (κ1) is 29.0. The Kier molecular flexibility index (Phi) is 7.57. The van der Waals surface area contributed by atoms with Gasteiger partial charge in [-0.25, -0.2) is 0 Å². The van der Waals surface area contributed by atoms with E-state index in [2.05, 4.69) is 33.1 Å². The fraction of sp³-hybridized carbons (Fsp3) is 0.667. The second-order valence-electron chi connectivity index (χ2n) is 13.9. The van der Waals surface area contributed by atoms with Gasteiger partial charge in [0.15, 0.2) is 0 Å². The lowest BCUT2D eigenvalue weighted by atomic mass is 9.46. The molecule has 3 N–H and O–H groups in total. The van der Waals surface area contributed by atoms with Crippen molar-refractivity contribution in [1.29, 1.82) is 0 Å². The maximum absolute atomic E-state index is 13.9. The van der Waals surface area contributed by atoms with Crippen molar-refractivity contribution in [3.05, 3.63) is 54.6 Å². The van der Waals surface area contributed by atoms with Crippen molar-refractivity contribution in [2.45, 2.75) is 116 Å². The van der Waals surface area contributed by atoms with Crippen molar-refractivity contribution < 1.29 is 20.1 Å². The first-order chi connectivity index (χ1) is 17.6. The van der Waals surface area contributed by atoms with Crippen LogP contribution in [-0.2, 0) is 4.79 Å². The number of nitrogens with zero attached hydrogens (tertiary/aromatic N) is 1. The Morgan fingerprint density at radius 2 is 1.82 bits per heavy atom. The summed E-state index contributed by atoms with van der Waals surface area (Å²) in [6.45, 7) is 20.5. The highest BCUT2D eigenvalue weighted by molar-refractivity contribution is 6.06. The number of anilines is 1. The van der Waals surface area contributed by atoms with Crippen LogP contribution in [0.4, 0.5) is 5.69 Å². The van der Waals surface area contributed by atoms with Crippen LogP contribution in [0.1, 0.15) is 98.0 Å². The van der Waals surface area contributed by atoms with Crippen LogP contribution >= 0.6 is 0 Å². The van der Waals surface area contributed by atoms with Crippen LogP contribution in [0.3, 0.4) is 0 Å². The van der Waals surface area contributed by atoms with Gasteiger partial charge >= 0.3 is 0 Å². The lowest BCUT2D eigenvalue weighted by molar-refractivity contribution is -0.126. The van der Waals surface area contributed by atoms with Crippen LogP contribution in [-0.4, -0.2) is 44.6 Å². The Balaban J connectivity index is 1.57. The summed E-state index contributed by atoms with van der Waals surface area (Å²) >= 11 is 0. The monoisotopic (exact) mass is 523 g/mol. The third-order valence-electron chi connectivity index (χ3n) is 10.7.